The number of aliphatic hydroxyl groups is 2. The van der Waals surface area contributed by atoms with Crippen molar-refractivity contribution in [1.82, 2.24) is 9.80 Å². The van der Waals surface area contributed by atoms with Gasteiger partial charge in [0.05, 0.1) is 18.8 Å². The summed E-state index contributed by atoms with van der Waals surface area (Å²) in [5.41, 5.74) is 5.64. The summed E-state index contributed by atoms with van der Waals surface area (Å²) in [6, 6.07) is -0.142. The molecule has 0 aromatic carbocycles. The summed E-state index contributed by atoms with van der Waals surface area (Å²) in [6.07, 6.45) is -1.41. The Hall–Kier alpha value is -0.240. The van der Waals surface area contributed by atoms with E-state index in [9.17, 15) is 5.11 Å². The molecule has 1 saturated heterocycles. The molecule has 0 bridgehead atoms. The van der Waals surface area contributed by atoms with E-state index in [2.05, 4.69) is 9.80 Å². The maximum atomic E-state index is 10.1. The van der Waals surface area contributed by atoms with E-state index >= 15 is 0 Å². The highest BCUT2D eigenvalue weighted by Gasteiger charge is 2.44. The number of ether oxygens (including phenoxy) is 1. The first-order valence-corrected chi connectivity index (χ1v) is 6.00. The van der Waals surface area contributed by atoms with Gasteiger partial charge in [-0.05, 0) is 21.1 Å². The van der Waals surface area contributed by atoms with Gasteiger partial charge in [0, 0.05) is 19.6 Å². The Kier molecular flexibility index (Phi) is 5.78. The average molecular weight is 247 g/mol. The molecule has 1 aliphatic rings. The Labute approximate surface area is 103 Å². The summed E-state index contributed by atoms with van der Waals surface area (Å²) in [6.45, 7) is 1.91. The maximum Gasteiger partial charge on any atom is 0.109 e. The van der Waals surface area contributed by atoms with Crippen LogP contribution in [0, 0.1) is 0 Å². The third-order valence-electron chi connectivity index (χ3n) is 3.28. The quantitative estimate of drug-likeness (QED) is 0.500. The van der Waals surface area contributed by atoms with Crippen molar-refractivity contribution in [1.29, 1.82) is 0 Å². The first kappa shape index (κ1) is 14.8. The van der Waals surface area contributed by atoms with Crippen LogP contribution in [0.25, 0.3) is 0 Å². The van der Waals surface area contributed by atoms with E-state index in [-0.39, 0.29) is 18.8 Å². The van der Waals surface area contributed by atoms with E-state index in [1.807, 2.05) is 21.1 Å². The van der Waals surface area contributed by atoms with Crippen LogP contribution in [0.2, 0.25) is 0 Å². The van der Waals surface area contributed by atoms with Crippen molar-refractivity contribution >= 4 is 0 Å². The molecule has 0 radical (unpaired) electrons. The molecule has 4 N–H and O–H groups in total. The van der Waals surface area contributed by atoms with E-state index in [0.717, 1.165) is 13.1 Å². The zero-order chi connectivity index (χ0) is 13.0. The fraction of sp³-hybridized carbons (Fsp3) is 1.00. The molecule has 0 aromatic rings. The second-order valence-electron chi connectivity index (χ2n) is 4.90. The molecule has 0 saturated carbocycles. The molecule has 0 spiro atoms. The zero-order valence-corrected chi connectivity index (χ0v) is 10.9. The fourth-order valence-corrected chi connectivity index (χ4v) is 2.22. The maximum absolute atomic E-state index is 10.1. The van der Waals surface area contributed by atoms with Crippen LogP contribution in [0.5, 0.6) is 0 Å². The van der Waals surface area contributed by atoms with Crippen LogP contribution in [0.15, 0.2) is 0 Å². The molecular weight excluding hydrogens is 222 g/mol. The molecule has 6 nitrogen and oxygen atoms in total. The van der Waals surface area contributed by atoms with Gasteiger partial charge in [-0.15, -0.1) is 0 Å². The van der Waals surface area contributed by atoms with E-state index in [1.165, 1.54) is 0 Å². The number of likely N-dealkylation sites (N-methyl/N-ethyl adjacent to an activating group) is 2. The van der Waals surface area contributed by atoms with Crippen LogP contribution < -0.4 is 5.73 Å². The fourth-order valence-electron chi connectivity index (χ4n) is 2.22. The third-order valence-corrected chi connectivity index (χ3v) is 3.28. The molecule has 1 rings (SSSR count). The van der Waals surface area contributed by atoms with Gasteiger partial charge in [0.25, 0.3) is 0 Å². The molecule has 1 aliphatic heterocycles. The molecule has 4 unspecified atom stereocenters. The molecule has 4 atom stereocenters. The Morgan fingerprint density at radius 2 is 1.82 bits per heavy atom. The molecule has 0 aromatic heterocycles. The van der Waals surface area contributed by atoms with Gasteiger partial charge in [0.1, 0.15) is 12.2 Å². The summed E-state index contributed by atoms with van der Waals surface area (Å²) in [7, 11) is 5.96. The van der Waals surface area contributed by atoms with Gasteiger partial charge in [-0.3, -0.25) is 4.90 Å². The van der Waals surface area contributed by atoms with Crippen LogP contribution in [0.3, 0.4) is 0 Å². The van der Waals surface area contributed by atoms with E-state index in [0.29, 0.717) is 6.54 Å². The standard InChI is InChI=1S/C11H25N3O3/c1-13(2)4-5-14(3)10-8(6-12)17-9(7-15)11(10)16/h8-11,15-16H,4-7,12H2,1-3H3. The number of hydrogen-bond acceptors (Lipinski definition) is 6. The van der Waals surface area contributed by atoms with Crippen LogP contribution in [0.4, 0.5) is 0 Å². The van der Waals surface area contributed by atoms with Crippen LogP contribution in [-0.4, -0.2) is 91.8 Å². The highest BCUT2D eigenvalue weighted by atomic mass is 16.5. The molecule has 1 fully saturated rings. The predicted octanol–water partition coefficient (Wildman–Crippen LogP) is -2.07. The lowest BCUT2D eigenvalue weighted by atomic mass is 10.0. The normalized spacial score (nSPS) is 33.9. The smallest absolute Gasteiger partial charge is 0.109 e. The summed E-state index contributed by atoms with van der Waals surface area (Å²) in [4.78, 5) is 4.14. The SMILES string of the molecule is CN(C)CCN(C)C1C(CN)OC(CO)C1O. The minimum absolute atomic E-state index is 0.142. The highest BCUT2D eigenvalue weighted by Crippen LogP contribution is 2.24. The Balaban J connectivity index is 2.59. The zero-order valence-electron chi connectivity index (χ0n) is 10.9. The molecule has 0 aliphatic carbocycles. The molecular formula is C11H25N3O3. The van der Waals surface area contributed by atoms with Gasteiger partial charge in [0.2, 0.25) is 0 Å². The van der Waals surface area contributed by atoms with Crippen molar-refractivity contribution in [2.45, 2.75) is 24.4 Å². The minimum atomic E-state index is -0.680. The van der Waals surface area contributed by atoms with Gasteiger partial charge in [0.15, 0.2) is 0 Å². The Bertz CT molecular complexity index is 226. The molecule has 6 heteroatoms. The monoisotopic (exact) mass is 247 g/mol. The lowest BCUT2D eigenvalue weighted by Gasteiger charge is -2.30. The van der Waals surface area contributed by atoms with E-state index < -0.39 is 12.2 Å². The average Bonchev–Trinajstić information content (AvgIpc) is 2.62. The lowest BCUT2D eigenvalue weighted by molar-refractivity contribution is -0.0193. The number of aliphatic hydroxyl groups excluding tert-OH is 2. The summed E-state index contributed by atoms with van der Waals surface area (Å²) in [5, 5.41) is 19.2. The molecule has 102 valence electrons. The van der Waals surface area contributed by atoms with Crippen LogP contribution in [-0.2, 0) is 4.74 Å². The van der Waals surface area contributed by atoms with Crippen molar-refractivity contribution < 1.29 is 14.9 Å². The number of hydrogen-bond donors (Lipinski definition) is 3. The Morgan fingerprint density at radius 1 is 1.18 bits per heavy atom. The van der Waals surface area contributed by atoms with Gasteiger partial charge >= 0.3 is 0 Å². The van der Waals surface area contributed by atoms with E-state index in [4.69, 9.17) is 15.6 Å². The second-order valence-corrected chi connectivity index (χ2v) is 4.90. The number of nitrogens with zero attached hydrogens (tertiary/aromatic N) is 2. The largest absolute Gasteiger partial charge is 0.394 e. The van der Waals surface area contributed by atoms with Gasteiger partial charge in [-0.25, -0.2) is 0 Å². The summed E-state index contributed by atoms with van der Waals surface area (Å²) in [5.74, 6) is 0. The van der Waals surface area contributed by atoms with Crippen molar-refractivity contribution in [3.8, 4) is 0 Å². The van der Waals surface area contributed by atoms with Crippen molar-refractivity contribution in [3.63, 3.8) is 0 Å². The molecule has 17 heavy (non-hydrogen) atoms. The van der Waals surface area contributed by atoms with Crippen molar-refractivity contribution in [2.24, 2.45) is 5.73 Å². The molecule has 1 heterocycles. The first-order valence-electron chi connectivity index (χ1n) is 6.00. The summed E-state index contributed by atoms with van der Waals surface area (Å²) < 4.78 is 5.53. The second kappa shape index (κ2) is 6.63. The van der Waals surface area contributed by atoms with Crippen molar-refractivity contribution in [2.75, 3.05) is 47.4 Å². The third kappa shape index (κ3) is 3.61. The van der Waals surface area contributed by atoms with Crippen LogP contribution >= 0.6 is 0 Å². The van der Waals surface area contributed by atoms with E-state index in [1.54, 1.807) is 0 Å². The van der Waals surface area contributed by atoms with Gasteiger partial charge in [-0.1, -0.05) is 0 Å². The lowest BCUT2D eigenvalue weighted by Crippen LogP contribution is -2.50. The highest BCUT2D eigenvalue weighted by molar-refractivity contribution is 4.96. The number of rotatable bonds is 6. The van der Waals surface area contributed by atoms with Gasteiger partial charge < -0.3 is 25.6 Å². The Morgan fingerprint density at radius 3 is 2.29 bits per heavy atom. The summed E-state index contributed by atoms with van der Waals surface area (Å²) >= 11 is 0. The number of nitrogens with two attached hydrogens (primary N) is 1. The predicted molar refractivity (Wildman–Crippen MR) is 65.8 cm³/mol. The minimum Gasteiger partial charge on any atom is -0.394 e. The van der Waals surface area contributed by atoms with Gasteiger partial charge in [-0.2, -0.15) is 0 Å². The topological polar surface area (TPSA) is 82.2 Å². The van der Waals surface area contributed by atoms with Crippen molar-refractivity contribution in [3.05, 3.63) is 0 Å². The first-order chi connectivity index (χ1) is 8.01. The molecule has 0 amide bonds. The van der Waals surface area contributed by atoms with Crippen LogP contribution in [0.1, 0.15) is 0 Å².